The Hall–Kier alpha value is -2.42. The summed E-state index contributed by atoms with van der Waals surface area (Å²) in [5.41, 5.74) is 0. The number of rotatable bonds is 6. The lowest BCUT2D eigenvalue weighted by molar-refractivity contribution is -0.139. The van der Waals surface area contributed by atoms with Crippen LogP contribution in [0, 0.1) is 0 Å². The maximum absolute atomic E-state index is 11.8. The fourth-order valence-electron chi connectivity index (χ4n) is 2.11. The highest BCUT2D eigenvalue weighted by molar-refractivity contribution is 7.15. The van der Waals surface area contributed by atoms with Gasteiger partial charge in [-0.15, -0.1) is 22.7 Å². The summed E-state index contributed by atoms with van der Waals surface area (Å²) in [5.74, 6) is -0.762. The molecule has 3 rings (SSSR count). The zero-order chi connectivity index (χ0) is 17.6. The van der Waals surface area contributed by atoms with Gasteiger partial charge in [0.1, 0.15) is 11.9 Å². The molecule has 0 aliphatic heterocycles. The Morgan fingerprint density at radius 3 is 2.68 bits per heavy atom. The number of furan rings is 1. The molecule has 6 nitrogen and oxygen atoms in total. The normalized spacial score (nSPS) is 11.9. The van der Waals surface area contributed by atoms with Crippen molar-refractivity contribution < 1.29 is 19.1 Å². The molecule has 0 bridgehead atoms. The van der Waals surface area contributed by atoms with E-state index in [1.807, 2.05) is 29.6 Å². The average Bonchev–Trinajstić information content (AvgIpc) is 3.37. The number of aliphatic hydroxyl groups is 1. The topological polar surface area (TPSA) is 91.6 Å². The van der Waals surface area contributed by atoms with Crippen molar-refractivity contribution >= 4 is 34.5 Å². The van der Waals surface area contributed by atoms with Crippen LogP contribution in [-0.4, -0.2) is 23.5 Å². The largest absolute Gasteiger partial charge is 0.464 e. The fraction of sp³-hybridized carbons (Fsp3) is 0.176. The number of hydrogen-bond acceptors (Lipinski definition) is 6. The molecule has 8 heteroatoms. The predicted octanol–water partition coefficient (Wildman–Crippen LogP) is 2.54. The molecule has 3 aromatic rings. The van der Waals surface area contributed by atoms with Crippen LogP contribution in [-0.2, 0) is 16.1 Å². The van der Waals surface area contributed by atoms with Gasteiger partial charge in [-0.05, 0) is 35.7 Å². The summed E-state index contributed by atoms with van der Waals surface area (Å²) < 4.78 is 5.31. The number of aliphatic hydroxyl groups excluding tert-OH is 1. The molecule has 0 aromatic carbocycles. The van der Waals surface area contributed by atoms with E-state index in [2.05, 4.69) is 10.6 Å². The van der Waals surface area contributed by atoms with Crippen LogP contribution in [0.5, 0.6) is 0 Å². The standard InChI is InChI=1S/C17H16N2O4S2/c20-12(14-5-6-15(25-14)13-4-1-7-23-13)10-19-17(22)16(21)18-9-11-3-2-8-24-11/h1-8,12,20H,9-10H2,(H,18,21)(H,19,22). The lowest BCUT2D eigenvalue weighted by atomic mass is 10.2. The summed E-state index contributed by atoms with van der Waals surface area (Å²) in [4.78, 5) is 26.1. The van der Waals surface area contributed by atoms with Crippen LogP contribution in [0.15, 0.2) is 52.5 Å². The maximum atomic E-state index is 11.8. The third kappa shape index (κ3) is 4.56. The van der Waals surface area contributed by atoms with Crippen molar-refractivity contribution in [3.05, 3.63) is 57.8 Å². The van der Waals surface area contributed by atoms with Gasteiger partial charge < -0.3 is 20.2 Å². The van der Waals surface area contributed by atoms with Gasteiger partial charge in [-0.1, -0.05) is 6.07 Å². The van der Waals surface area contributed by atoms with Crippen molar-refractivity contribution in [1.29, 1.82) is 0 Å². The molecule has 130 valence electrons. The van der Waals surface area contributed by atoms with Crippen molar-refractivity contribution in [2.75, 3.05) is 6.54 Å². The van der Waals surface area contributed by atoms with Crippen molar-refractivity contribution in [2.24, 2.45) is 0 Å². The molecule has 0 aliphatic carbocycles. The molecule has 0 fully saturated rings. The summed E-state index contributed by atoms with van der Waals surface area (Å²) in [6.45, 7) is 0.271. The molecule has 0 saturated carbocycles. The minimum absolute atomic E-state index is 0.0383. The predicted molar refractivity (Wildman–Crippen MR) is 96.2 cm³/mol. The minimum Gasteiger partial charge on any atom is -0.464 e. The molecule has 0 radical (unpaired) electrons. The van der Waals surface area contributed by atoms with E-state index < -0.39 is 17.9 Å². The highest BCUT2D eigenvalue weighted by Crippen LogP contribution is 2.31. The Morgan fingerprint density at radius 1 is 1.12 bits per heavy atom. The molecule has 1 unspecified atom stereocenters. The van der Waals surface area contributed by atoms with E-state index in [0.29, 0.717) is 11.4 Å². The summed E-state index contributed by atoms with van der Waals surface area (Å²) in [7, 11) is 0. The number of carbonyl (C=O) groups is 2. The van der Waals surface area contributed by atoms with E-state index in [-0.39, 0.29) is 6.54 Å². The summed E-state index contributed by atoms with van der Waals surface area (Å²) >= 11 is 2.87. The highest BCUT2D eigenvalue weighted by Gasteiger charge is 2.17. The van der Waals surface area contributed by atoms with E-state index in [9.17, 15) is 14.7 Å². The number of amides is 2. The van der Waals surface area contributed by atoms with Crippen molar-refractivity contribution in [2.45, 2.75) is 12.6 Å². The van der Waals surface area contributed by atoms with Crippen LogP contribution in [0.1, 0.15) is 15.9 Å². The van der Waals surface area contributed by atoms with Gasteiger partial charge in [0.25, 0.3) is 0 Å². The Bertz CT molecular complexity index is 825. The Kier molecular flexibility index (Phi) is 5.64. The molecule has 0 spiro atoms. The molecule has 25 heavy (non-hydrogen) atoms. The third-order valence-electron chi connectivity index (χ3n) is 3.38. The molecule has 0 saturated heterocycles. The molecular formula is C17H16N2O4S2. The number of hydrogen-bond donors (Lipinski definition) is 3. The lowest BCUT2D eigenvalue weighted by Crippen LogP contribution is -2.40. The number of thiophene rings is 2. The third-order valence-corrected chi connectivity index (χ3v) is 5.46. The van der Waals surface area contributed by atoms with Crippen LogP contribution in [0.3, 0.4) is 0 Å². The first-order valence-electron chi connectivity index (χ1n) is 7.53. The second-order valence-corrected chi connectivity index (χ2v) is 7.31. The van der Waals surface area contributed by atoms with Crippen LogP contribution < -0.4 is 10.6 Å². The van der Waals surface area contributed by atoms with Crippen LogP contribution in [0.4, 0.5) is 0 Å². The molecule has 1 atom stereocenters. The number of carbonyl (C=O) groups excluding carboxylic acids is 2. The van der Waals surface area contributed by atoms with E-state index >= 15 is 0 Å². The second kappa shape index (κ2) is 8.11. The first kappa shape index (κ1) is 17.4. The Morgan fingerprint density at radius 2 is 1.96 bits per heavy atom. The van der Waals surface area contributed by atoms with E-state index in [0.717, 1.165) is 15.5 Å². The van der Waals surface area contributed by atoms with Crippen LogP contribution in [0.2, 0.25) is 0 Å². The smallest absolute Gasteiger partial charge is 0.309 e. The lowest BCUT2D eigenvalue weighted by Gasteiger charge is -2.10. The van der Waals surface area contributed by atoms with Crippen molar-refractivity contribution in [1.82, 2.24) is 10.6 Å². The summed E-state index contributed by atoms with van der Waals surface area (Å²) in [6.07, 6.45) is 0.697. The Labute approximate surface area is 152 Å². The Balaban J connectivity index is 1.47. The van der Waals surface area contributed by atoms with Crippen LogP contribution in [0.25, 0.3) is 10.6 Å². The highest BCUT2D eigenvalue weighted by atomic mass is 32.1. The SMILES string of the molecule is O=C(NCc1cccs1)C(=O)NCC(O)c1ccc(-c2ccco2)s1. The maximum Gasteiger partial charge on any atom is 0.309 e. The molecule has 0 aliphatic rings. The van der Waals surface area contributed by atoms with Crippen molar-refractivity contribution in [3.63, 3.8) is 0 Å². The molecule has 3 heterocycles. The molecule has 3 aromatic heterocycles. The van der Waals surface area contributed by atoms with Gasteiger partial charge in [0.05, 0.1) is 17.7 Å². The molecule has 3 N–H and O–H groups in total. The monoisotopic (exact) mass is 376 g/mol. The minimum atomic E-state index is -0.886. The van der Waals surface area contributed by atoms with Crippen LogP contribution >= 0.6 is 22.7 Å². The first-order chi connectivity index (χ1) is 12.1. The first-order valence-corrected chi connectivity index (χ1v) is 9.23. The van der Waals surface area contributed by atoms with Gasteiger partial charge in [0.2, 0.25) is 0 Å². The van der Waals surface area contributed by atoms with Gasteiger partial charge in [-0.25, -0.2) is 0 Å². The second-order valence-electron chi connectivity index (χ2n) is 5.17. The van der Waals surface area contributed by atoms with Gasteiger partial charge in [0, 0.05) is 16.3 Å². The van der Waals surface area contributed by atoms with Gasteiger partial charge in [0.15, 0.2) is 0 Å². The van der Waals surface area contributed by atoms with Gasteiger partial charge >= 0.3 is 11.8 Å². The average molecular weight is 376 g/mol. The fourth-order valence-corrected chi connectivity index (χ4v) is 3.72. The summed E-state index contributed by atoms with van der Waals surface area (Å²) in [5, 5.41) is 17.1. The van der Waals surface area contributed by atoms with E-state index in [1.165, 1.54) is 22.7 Å². The number of nitrogens with one attached hydrogen (secondary N) is 2. The van der Waals surface area contributed by atoms with Gasteiger partial charge in [-0.2, -0.15) is 0 Å². The molecule has 2 amide bonds. The van der Waals surface area contributed by atoms with E-state index in [4.69, 9.17) is 4.42 Å². The summed E-state index contributed by atoms with van der Waals surface area (Å²) in [6, 6.07) is 11.0. The quantitative estimate of drug-likeness (QED) is 0.577. The van der Waals surface area contributed by atoms with E-state index in [1.54, 1.807) is 18.4 Å². The molecular weight excluding hydrogens is 360 g/mol. The van der Waals surface area contributed by atoms with Gasteiger partial charge in [-0.3, -0.25) is 9.59 Å². The van der Waals surface area contributed by atoms with Crippen molar-refractivity contribution in [3.8, 4) is 10.6 Å². The zero-order valence-electron chi connectivity index (χ0n) is 13.1. The zero-order valence-corrected chi connectivity index (χ0v) is 14.7.